The summed E-state index contributed by atoms with van der Waals surface area (Å²) in [6.45, 7) is 5.62. The van der Waals surface area contributed by atoms with Gasteiger partial charge in [0.05, 0.1) is 11.3 Å². The molecule has 5 nitrogen and oxygen atoms in total. The maximum absolute atomic E-state index is 13.0. The van der Waals surface area contributed by atoms with Gasteiger partial charge < -0.3 is 10.2 Å². The summed E-state index contributed by atoms with van der Waals surface area (Å²) in [6, 6.07) is 14.6. The highest BCUT2D eigenvalue weighted by Crippen LogP contribution is 2.22. The first-order valence-corrected chi connectivity index (χ1v) is 9.93. The fourth-order valence-corrected chi connectivity index (χ4v) is 3.51. The van der Waals surface area contributed by atoms with Crippen LogP contribution in [0.1, 0.15) is 46.0 Å². The first-order valence-electron chi connectivity index (χ1n) is 9.52. The van der Waals surface area contributed by atoms with Crippen LogP contribution in [-0.4, -0.2) is 34.9 Å². The molecule has 2 amide bonds. The molecule has 28 heavy (non-hydrogen) atoms. The third kappa shape index (κ3) is 4.75. The van der Waals surface area contributed by atoms with Crippen molar-refractivity contribution in [1.29, 1.82) is 0 Å². The molecule has 0 spiro atoms. The molecule has 1 heterocycles. The number of anilines is 1. The number of para-hydroxylation sites is 1. The standard InChI is InChI=1S/C22H25N3O2S/c1-15-11-13-25(14-12-15)21(27)18-9-5-6-10-19(18)23-22(28)24-20(26)17-8-4-3-7-16(17)2/h3-10,15H,11-14H2,1-2H3,(H2,23,24,26,28). The molecule has 6 heteroatoms. The zero-order valence-corrected chi connectivity index (χ0v) is 17.0. The Morgan fingerprint density at radius 1 is 1.00 bits per heavy atom. The molecule has 1 saturated heterocycles. The first kappa shape index (κ1) is 20.0. The average Bonchev–Trinajstić information content (AvgIpc) is 2.68. The van der Waals surface area contributed by atoms with E-state index in [-0.39, 0.29) is 16.9 Å². The molecule has 0 radical (unpaired) electrons. The third-order valence-corrected chi connectivity index (χ3v) is 5.30. The van der Waals surface area contributed by atoms with Gasteiger partial charge in [0.2, 0.25) is 0 Å². The molecule has 1 aliphatic heterocycles. The second-order valence-corrected chi connectivity index (χ2v) is 7.65. The van der Waals surface area contributed by atoms with Crippen LogP contribution >= 0.6 is 12.2 Å². The molecule has 2 aromatic rings. The topological polar surface area (TPSA) is 61.4 Å². The van der Waals surface area contributed by atoms with Crippen LogP contribution in [0.15, 0.2) is 48.5 Å². The number of carbonyl (C=O) groups is 2. The Morgan fingerprint density at radius 2 is 1.61 bits per heavy atom. The molecule has 0 aliphatic carbocycles. The number of rotatable bonds is 3. The second-order valence-electron chi connectivity index (χ2n) is 7.24. The Kier molecular flexibility index (Phi) is 6.41. The van der Waals surface area contributed by atoms with E-state index < -0.39 is 0 Å². The number of nitrogens with one attached hydrogen (secondary N) is 2. The lowest BCUT2D eigenvalue weighted by molar-refractivity contribution is 0.0698. The highest BCUT2D eigenvalue weighted by Gasteiger charge is 2.23. The number of piperidine rings is 1. The van der Waals surface area contributed by atoms with Crippen molar-refractivity contribution in [3.63, 3.8) is 0 Å². The van der Waals surface area contributed by atoms with E-state index in [1.165, 1.54) is 0 Å². The minimum Gasteiger partial charge on any atom is -0.339 e. The molecule has 146 valence electrons. The summed E-state index contributed by atoms with van der Waals surface area (Å²) < 4.78 is 0. The number of nitrogens with zero attached hydrogens (tertiary/aromatic N) is 1. The minimum atomic E-state index is -0.274. The molecule has 0 aromatic heterocycles. The van der Waals surface area contributed by atoms with Gasteiger partial charge in [-0.3, -0.25) is 14.9 Å². The maximum Gasteiger partial charge on any atom is 0.257 e. The third-order valence-electron chi connectivity index (χ3n) is 5.09. The quantitative estimate of drug-likeness (QED) is 0.772. The van der Waals surface area contributed by atoms with Gasteiger partial charge in [0.25, 0.3) is 11.8 Å². The van der Waals surface area contributed by atoms with Gasteiger partial charge >= 0.3 is 0 Å². The Labute approximate surface area is 171 Å². The van der Waals surface area contributed by atoms with Crippen molar-refractivity contribution in [3.8, 4) is 0 Å². The highest BCUT2D eigenvalue weighted by molar-refractivity contribution is 7.80. The van der Waals surface area contributed by atoms with E-state index in [9.17, 15) is 9.59 Å². The predicted octanol–water partition coefficient (Wildman–Crippen LogP) is 3.99. The van der Waals surface area contributed by atoms with Gasteiger partial charge in [-0.25, -0.2) is 0 Å². The summed E-state index contributed by atoms with van der Waals surface area (Å²) in [6.07, 6.45) is 2.04. The van der Waals surface area contributed by atoms with Crippen molar-refractivity contribution in [1.82, 2.24) is 10.2 Å². The molecular formula is C22H25N3O2S. The Hall–Kier alpha value is -2.73. The van der Waals surface area contributed by atoms with Crippen LogP contribution in [0.4, 0.5) is 5.69 Å². The number of hydrogen-bond donors (Lipinski definition) is 2. The second kappa shape index (κ2) is 8.97. The van der Waals surface area contributed by atoms with Crippen molar-refractivity contribution < 1.29 is 9.59 Å². The summed E-state index contributed by atoms with van der Waals surface area (Å²) in [5.41, 5.74) is 2.60. The van der Waals surface area contributed by atoms with Crippen molar-refractivity contribution in [2.45, 2.75) is 26.7 Å². The summed E-state index contributed by atoms with van der Waals surface area (Å²) in [5, 5.41) is 5.87. The van der Waals surface area contributed by atoms with Crippen LogP contribution in [0.25, 0.3) is 0 Å². The number of hydrogen-bond acceptors (Lipinski definition) is 3. The van der Waals surface area contributed by atoms with Crippen LogP contribution < -0.4 is 10.6 Å². The summed E-state index contributed by atoms with van der Waals surface area (Å²) in [4.78, 5) is 27.3. The van der Waals surface area contributed by atoms with Gasteiger partial charge in [-0.2, -0.15) is 0 Å². The molecule has 1 aliphatic rings. The molecule has 2 aromatic carbocycles. The van der Waals surface area contributed by atoms with E-state index in [4.69, 9.17) is 12.2 Å². The molecule has 0 atom stereocenters. The fraction of sp³-hybridized carbons (Fsp3) is 0.318. The van der Waals surface area contributed by atoms with Crippen molar-refractivity contribution >= 4 is 34.8 Å². The number of benzene rings is 2. The zero-order valence-electron chi connectivity index (χ0n) is 16.2. The number of amides is 2. The smallest absolute Gasteiger partial charge is 0.257 e. The summed E-state index contributed by atoms with van der Waals surface area (Å²) in [5.74, 6) is 0.370. The van der Waals surface area contributed by atoms with E-state index in [0.717, 1.165) is 31.5 Å². The summed E-state index contributed by atoms with van der Waals surface area (Å²) in [7, 11) is 0. The number of aryl methyl sites for hydroxylation is 1. The Morgan fingerprint density at radius 3 is 2.29 bits per heavy atom. The van der Waals surface area contributed by atoms with E-state index >= 15 is 0 Å². The molecule has 3 rings (SSSR count). The zero-order chi connectivity index (χ0) is 20.1. The predicted molar refractivity (Wildman–Crippen MR) is 116 cm³/mol. The molecular weight excluding hydrogens is 370 g/mol. The van der Waals surface area contributed by atoms with Crippen LogP contribution in [0.3, 0.4) is 0 Å². The SMILES string of the molecule is Cc1ccccc1C(=O)NC(=S)Nc1ccccc1C(=O)N1CCC(C)CC1. The normalized spacial score (nSPS) is 14.4. The van der Waals surface area contributed by atoms with Gasteiger partial charge in [-0.1, -0.05) is 37.3 Å². The van der Waals surface area contributed by atoms with Crippen molar-refractivity contribution in [2.24, 2.45) is 5.92 Å². The van der Waals surface area contributed by atoms with Crippen LogP contribution in [-0.2, 0) is 0 Å². The van der Waals surface area contributed by atoms with E-state index in [1.54, 1.807) is 18.2 Å². The van der Waals surface area contributed by atoms with Gasteiger partial charge in [0, 0.05) is 18.7 Å². The molecule has 1 fully saturated rings. The van der Waals surface area contributed by atoms with Crippen molar-refractivity contribution in [3.05, 3.63) is 65.2 Å². The van der Waals surface area contributed by atoms with Gasteiger partial charge in [0.1, 0.15) is 0 Å². The van der Waals surface area contributed by atoms with Crippen LogP contribution in [0.2, 0.25) is 0 Å². The van der Waals surface area contributed by atoms with Gasteiger partial charge in [0.15, 0.2) is 5.11 Å². The lowest BCUT2D eigenvalue weighted by Gasteiger charge is -2.31. The van der Waals surface area contributed by atoms with E-state index in [2.05, 4.69) is 17.6 Å². The lowest BCUT2D eigenvalue weighted by atomic mass is 9.98. The Bertz CT molecular complexity index is 889. The summed E-state index contributed by atoms with van der Waals surface area (Å²) >= 11 is 5.31. The highest BCUT2D eigenvalue weighted by atomic mass is 32.1. The van der Waals surface area contributed by atoms with Crippen LogP contribution in [0, 0.1) is 12.8 Å². The fourth-order valence-electron chi connectivity index (χ4n) is 3.31. The number of thiocarbonyl (C=S) groups is 1. The lowest BCUT2D eigenvalue weighted by Crippen LogP contribution is -2.39. The minimum absolute atomic E-state index is 0.0111. The number of carbonyl (C=O) groups excluding carboxylic acids is 2. The first-order chi connectivity index (χ1) is 13.5. The number of likely N-dealkylation sites (tertiary alicyclic amines) is 1. The molecule has 2 N–H and O–H groups in total. The van der Waals surface area contributed by atoms with Crippen LogP contribution in [0.5, 0.6) is 0 Å². The Balaban J connectivity index is 1.69. The van der Waals surface area contributed by atoms with Gasteiger partial charge in [-0.05, 0) is 61.7 Å². The van der Waals surface area contributed by atoms with Crippen molar-refractivity contribution in [2.75, 3.05) is 18.4 Å². The van der Waals surface area contributed by atoms with E-state index in [0.29, 0.717) is 22.7 Å². The van der Waals surface area contributed by atoms with Gasteiger partial charge in [-0.15, -0.1) is 0 Å². The molecule has 0 saturated carbocycles. The monoisotopic (exact) mass is 395 g/mol. The average molecular weight is 396 g/mol. The van der Waals surface area contributed by atoms with E-state index in [1.807, 2.05) is 42.2 Å². The molecule has 0 bridgehead atoms. The maximum atomic E-state index is 13.0. The largest absolute Gasteiger partial charge is 0.339 e. The molecule has 0 unspecified atom stereocenters.